The molecule has 70 valence electrons. The second-order valence-corrected chi connectivity index (χ2v) is 3.86. The van der Waals surface area contributed by atoms with Crippen molar-refractivity contribution in [1.82, 2.24) is 5.32 Å². The van der Waals surface area contributed by atoms with Gasteiger partial charge in [-0.2, -0.15) is 12.6 Å². The van der Waals surface area contributed by atoms with Crippen molar-refractivity contribution in [3.63, 3.8) is 0 Å². The lowest BCUT2D eigenvalue weighted by Crippen LogP contribution is -2.27. The van der Waals surface area contributed by atoms with Crippen molar-refractivity contribution in [3.8, 4) is 0 Å². The standard InChI is InChI=1S/C9H17NOS/c11-9(5-7-12)10-6-4-8-2-1-3-8/h8,12H,1-7H2,(H,10,11). The fourth-order valence-corrected chi connectivity index (χ4v) is 1.59. The molecule has 1 rings (SSSR count). The van der Waals surface area contributed by atoms with Crippen LogP contribution in [0.4, 0.5) is 0 Å². The number of thiol groups is 1. The van der Waals surface area contributed by atoms with Crippen LogP contribution in [0, 0.1) is 5.92 Å². The van der Waals surface area contributed by atoms with E-state index in [9.17, 15) is 4.79 Å². The minimum Gasteiger partial charge on any atom is -0.356 e. The van der Waals surface area contributed by atoms with Crippen LogP contribution in [0.1, 0.15) is 32.1 Å². The van der Waals surface area contributed by atoms with Gasteiger partial charge in [0.05, 0.1) is 0 Å². The molecule has 0 aromatic heterocycles. The molecule has 3 heteroatoms. The summed E-state index contributed by atoms with van der Waals surface area (Å²) in [5, 5.41) is 2.89. The minimum atomic E-state index is 0.143. The van der Waals surface area contributed by atoms with Gasteiger partial charge in [0, 0.05) is 13.0 Å². The Morgan fingerprint density at radius 1 is 1.50 bits per heavy atom. The van der Waals surface area contributed by atoms with Crippen LogP contribution >= 0.6 is 12.6 Å². The second kappa shape index (κ2) is 5.46. The van der Waals surface area contributed by atoms with Gasteiger partial charge >= 0.3 is 0 Å². The molecular formula is C9H17NOS. The van der Waals surface area contributed by atoms with Crippen molar-refractivity contribution in [2.75, 3.05) is 12.3 Å². The van der Waals surface area contributed by atoms with E-state index in [-0.39, 0.29) is 5.91 Å². The lowest BCUT2D eigenvalue weighted by atomic mass is 9.83. The summed E-state index contributed by atoms with van der Waals surface area (Å²) < 4.78 is 0. The summed E-state index contributed by atoms with van der Waals surface area (Å²) in [6, 6.07) is 0. The zero-order valence-corrected chi connectivity index (χ0v) is 8.28. The zero-order chi connectivity index (χ0) is 8.81. The van der Waals surface area contributed by atoms with E-state index < -0.39 is 0 Å². The van der Waals surface area contributed by atoms with Gasteiger partial charge in [-0.25, -0.2) is 0 Å². The van der Waals surface area contributed by atoms with Gasteiger partial charge in [-0.1, -0.05) is 19.3 Å². The first-order chi connectivity index (χ1) is 5.83. The molecule has 1 aliphatic carbocycles. The van der Waals surface area contributed by atoms with E-state index in [0.29, 0.717) is 12.2 Å². The van der Waals surface area contributed by atoms with Crippen LogP contribution in [0.2, 0.25) is 0 Å². The minimum absolute atomic E-state index is 0.143. The lowest BCUT2D eigenvalue weighted by Gasteiger charge is -2.25. The van der Waals surface area contributed by atoms with Crippen LogP contribution in [-0.4, -0.2) is 18.2 Å². The molecule has 1 amide bonds. The first-order valence-electron chi connectivity index (χ1n) is 4.70. The maximum absolute atomic E-state index is 11.0. The van der Waals surface area contributed by atoms with Crippen molar-refractivity contribution in [1.29, 1.82) is 0 Å². The van der Waals surface area contributed by atoms with E-state index in [4.69, 9.17) is 0 Å². The number of amides is 1. The van der Waals surface area contributed by atoms with Gasteiger partial charge in [0.1, 0.15) is 0 Å². The predicted octanol–water partition coefficient (Wildman–Crippen LogP) is 1.61. The van der Waals surface area contributed by atoms with E-state index in [1.54, 1.807) is 0 Å². The molecule has 0 unspecified atom stereocenters. The zero-order valence-electron chi connectivity index (χ0n) is 7.38. The Hall–Kier alpha value is -0.180. The molecule has 0 heterocycles. The Balaban J connectivity index is 1.90. The molecule has 1 aliphatic rings. The van der Waals surface area contributed by atoms with E-state index in [0.717, 1.165) is 18.9 Å². The number of hydrogen-bond acceptors (Lipinski definition) is 2. The van der Waals surface area contributed by atoms with Crippen molar-refractivity contribution >= 4 is 18.5 Å². The fraction of sp³-hybridized carbons (Fsp3) is 0.889. The summed E-state index contributed by atoms with van der Waals surface area (Å²) in [7, 11) is 0. The van der Waals surface area contributed by atoms with Crippen molar-refractivity contribution in [3.05, 3.63) is 0 Å². The molecule has 0 aromatic rings. The summed E-state index contributed by atoms with van der Waals surface area (Å²) in [4.78, 5) is 11.0. The fourth-order valence-electron chi connectivity index (χ4n) is 1.39. The molecule has 0 aromatic carbocycles. The maximum atomic E-state index is 11.0. The third-order valence-electron chi connectivity index (χ3n) is 2.44. The van der Waals surface area contributed by atoms with Crippen molar-refractivity contribution < 1.29 is 4.79 Å². The van der Waals surface area contributed by atoms with Crippen LogP contribution in [-0.2, 0) is 4.79 Å². The molecule has 0 bridgehead atoms. The molecule has 0 aliphatic heterocycles. The molecule has 0 spiro atoms. The van der Waals surface area contributed by atoms with Crippen LogP contribution in [0.15, 0.2) is 0 Å². The molecule has 2 nitrogen and oxygen atoms in total. The third kappa shape index (κ3) is 3.48. The van der Waals surface area contributed by atoms with Crippen molar-refractivity contribution in [2.45, 2.75) is 32.1 Å². The Kier molecular flexibility index (Phi) is 4.51. The quantitative estimate of drug-likeness (QED) is 0.629. The first kappa shape index (κ1) is 9.90. The van der Waals surface area contributed by atoms with Crippen molar-refractivity contribution in [2.24, 2.45) is 5.92 Å². The van der Waals surface area contributed by atoms with E-state index in [2.05, 4.69) is 17.9 Å². The molecule has 1 fully saturated rings. The average molecular weight is 187 g/mol. The average Bonchev–Trinajstić information content (AvgIpc) is 1.95. The molecule has 1 saturated carbocycles. The van der Waals surface area contributed by atoms with Gasteiger partial charge in [0.2, 0.25) is 5.91 Å². The Morgan fingerprint density at radius 2 is 2.25 bits per heavy atom. The molecule has 0 saturated heterocycles. The lowest BCUT2D eigenvalue weighted by molar-refractivity contribution is -0.120. The van der Waals surface area contributed by atoms with E-state index in [1.807, 2.05) is 0 Å². The van der Waals surface area contributed by atoms with Gasteiger partial charge in [-0.05, 0) is 18.1 Å². The SMILES string of the molecule is O=C(CCS)NCCC1CCC1. The van der Waals surface area contributed by atoms with Gasteiger partial charge in [0.15, 0.2) is 0 Å². The highest BCUT2D eigenvalue weighted by atomic mass is 32.1. The van der Waals surface area contributed by atoms with Gasteiger partial charge in [-0.3, -0.25) is 4.79 Å². The first-order valence-corrected chi connectivity index (χ1v) is 5.33. The third-order valence-corrected chi connectivity index (χ3v) is 2.66. The summed E-state index contributed by atoms with van der Waals surface area (Å²) in [6.07, 6.45) is 5.83. The Morgan fingerprint density at radius 3 is 2.75 bits per heavy atom. The van der Waals surface area contributed by atoms with Gasteiger partial charge < -0.3 is 5.32 Å². The van der Waals surface area contributed by atoms with E-state index >= 15 is 0 Å². The number of carbonyl (C=O) groups is 1. The highest BCUT2D eigenvalue weighted by Gasteiger charge is 2.16. The molecule has 0 radical (unpaired) electrons. The molecule has 1 N–H and O–H groups in total. The Bertz CT molecular complexity index is 145. The van der Waals surface area contributed by atoms with Crippen LogP contribution in [0.5, 0.6) is 0 Å². The smallest absolute Gasteiger partial charge is 0.220 e. The molecular weight excluding hydrogens is 170 g/mol. The largest absolute Gasteiger partial charge is 0.356 e. The summed E-state index contributed by atoms with van der Waals surface area (Å²) in [5.74, 6) is 1.68. The number of hydrogen-bond donors (Lipinski definition) is 2. The summed E-state index contributed by atoms with van der Waals surface area (Å²) in [6.45, 7) is 0.858. The van der Waals surface area contributed by atoms with E-state index in [1.165, 1.54) is 19.3 Å². The number of nitrogens with one attached hydrogen (secondary N) is 1. The van der Waals surface area contributed by atoms with Gasteiger partial charge in [-0.15, -0.1) is 0 Å². The molecule has 12 heavy (non-hydrogen) atoms. The predicted molar refractivity (Wildman–Crippen MR) is 53.4 cm³/mol. The second-order valence-electron chi connectivity index (χ2n) is 3.41. The van der Waals surface area contributed by atoms with Gasteiger partial charge in [0.25, 0.3) is 0 Å². The highest BCUT2D eigenvalue weighted by Crippen LogP contribution is 2.28. The number of rotatable bonds is 5. The monoisotopic (exact) mass is 187 g/mol. The molecule has 0 atom stereocenters. The maximum Gasteiger partial charge on any atom is 0.220 e. The topological polar surface area (TPSA) is 29.1 Å². The summed E-state index contributed by atoms with van der Waals surface area (Å²) >= 11 is 3.99. The summed E-state index contributed by atoms with van der Waals surface area (Å²) in [5.41, 5.74) is 0. The number of carbonyl (C=O) groups excluding carboxylic acids is 1. The normalized spacial score (nSPS) is 17.1. The highest BCUT2D eigenvalue weighted by molar-refractivity contribution is 7.80. The Labute approximate surface area is 79.5 Å². The van der Waals surface area contributed by atoms with Crippen LogP contribution in [0.25, 0.3) is 0 Å². The van der Waals surface area contributed by atoms with Crippen LogP contribution < -0.4 is 5.32 Å². The van der Waals surface area contributed by atoms with Crippen LogP contribution in [0.3, 0.4) is 0 Å².